The lowest BCUT2D eigenvalue weighted by molar-refractivity contribution is -0.162. The Labute approximate surface area is 176 Å². The van der Waals surface area contributed by atoms with E-state index < -0.39 is 36.2 Å². The molecule has 0 bridgehead atoms. The van der Waals surface area contributed by atoms with Crippen LogP contribution in [0.4, 0.5) is 4.39 Å². The van der Waals surface area contributed by atoms with Gasteiger partial charge in [-0.3, -0.25) is 14.4 Å². The first kappa shape index (κ1) is 27.5. The molecule has 0 aliphatic rings. The average molecular weight is 417 g/mol. The van der Waals surface area contributed by atoms with E-state index in [1.165, 1.54) is 44.9 Å². The zero-order valence-electron chi connectivity index (χ0n) is 18.7. The molecule has 29 heavy (non-hydrogen) atoms. The third-order valence-corrected chi connectivity index (χ3v) is 4.96. The minimum Gasteiger partial charge on any atom is -0.465 e. The van der Waals surface area contributed by atoms with Gasteiger partial charge in [-0.2, -0.15) is 0 Å². The highest BCUT2D eigenvalue weighted by molar-refractivity contribution is 5.96. The van der Waals surface area contributed by atoms with Crippen LogP contribution in [0.3, 0.4) is 0 Å². The number of halogens is 1. The van der Waals surface area contributed by atoms with E-state index in [4.69, 9.17) is 9.47 Å². The molecule has 0 aromatic carbocycles. The highest BCUT2D eigenvalue weighted by atomic mass is 19.1. The second-order valence-electron chi connectivity index (χ2n) is 7.51. The summed E-state index contributed by atoms with van der Waals surface area (Å²) in [6, 6.07) is 0. The van der Waals surface area contributed by atoms with Gasteiger partial charge in [0.2, 0.25) is 0 Å². The summed E-state index contributed by atoms with van der Waals surface area (Å²) in [6.45, 7) is 5.58. The fourth-order valence-electron chi connectivity index (χ4n) is 3.23. The van der Waals surface area contributed by atoms with Crippen molar-refractivity contribution >= 4 is 17.7 Å². The molecule has 0 aliphatic carbocycles. The SMILES string of the molecule is CCCCCCCCCCCCCC(=O)C(F)CC(C(=O)OCC)C(=O)OCC. The van der Waals surface area contributed by atoms with Crippen LogP contribution in [-0.2, 0) is 23.9 Å². The number of carbonyl (C=O) groups is 3. The van der Waals surface area contributed by atoms with Crippen LogP contribution in [0, 0.1) is 5.92 Å². The van der Waals surface area contributed by atoms with E-state index in [9.17, 15) is 18.8 Å². The van der Waals surface area contributed by atoms with Crippen LogP contribution < -0.4 is 0 Å². The second kappa shape index (κ2) is 18.6. The molecule has 0 radical (unpaired) electrons. The lowest BCUT2D eigenvalue weighted by atomic mass is 9.97. The largest absolute Gasteiger partial charge is 0.465 e. The van der Waals surface area contributed by atoms with Gasteiger partial charge in [-0.05, 0) is 20.3 Å². The molecule has 170 valence electrons. The van der Waals surface area contributed by atoms with Crippen molar-refractivity contribution in [3.63, 3.8) is 0 Å². The van der Waals surface area contributed by atoms with Crippen LogP contribution in [0.1, 0.15) is 104 Å². The standard InChI is InChI=1S/C23H41FO5/c1-4-7-8-9-10-11-12-13-14-15-16-17-21(25)20(24)18-19(22(26)28-5-2)23(27)29-6-3/h19-20H,4-18H2,1-3H3. The number of alkyl halides is 1. The minimum atomic E-state index is -1.85. The molecule has 0 aromatic rings. The van der Waals surface area contributed by atoms with Crippen molar-refractivity contribution in [2.45, 2.75) is 110 Å². The normalized spacial score (nSPS) is 12.0. The summed E-state index contributed by atoms with van der Waals surface area (Å²) in [5.41, 5.74) is 0. The Kier molecular flexibility index (Phi) is 17.6. The van der Waals surface area contributed by atoms with Crippen LogP contribution in [0.2, 0.25) is 0 Å². The van der Waals surface area contributed by atoms with Crippen molar-refractivity contribution in [1.29, 1.82) is 0 Å². The lowest BCUT2D eigenvalue weighted by Crippen LogP contribution is -2.32. The van der Waals surface area contributed by atoms with Crippen molar-refractivity contribution in [3.8, 4) is 0 Å². The summed E-state index contributed by atoms with van der Waals surface area (Å²) in [7, 11) is 0. The van der Waals surface area contributed by atoms with E-state index in [1.54, 1.807) is 13.8 Å². The Morgan fingerprint density at radius 2 is 1.10 bits per heavy atom. The summed E-state index contributed by atoms with van der Waals surface area (Å²) >= 11 is 0. The van der Waals surface area contributed by atoms with Crippen molar-refractivity contribution < 1.29 is 28.2 Å². The van der Waals surface area contributed by atoms with Crippen molar-refractivity contribution in [1.82, 2.24) is 0 Å². The van der Waals surface area contributed by atoms with Crippen LogP contribution in [0.15, 0.2) is 0 Å². The van der Waals surface area contributed by atoms with E-state index in [0.29, 0.717) is 6.42 Å². The van der Waals surface area contributed by atoms with Gasteiger partial charge < -0.3 is 9.47 Å². The Hall–Kier alpha value is -1.46. The number of ketones is 1. The third kappa shape index (κ3) is 14.2. The number of Topliss-reactive ketones (excluding diaryl/α,β-unsaturated/α-hetero) is 1. The first-order chi connectivity index (χ1) is 14.0. The Bertz CT molecular complexity index is 435. The van der Waals surface area contributed by atoms with E-state index in [1.807, 2.05) is 0 Å². The molecule has 5 nitrogen and oxygen atoms in total. The predicted octanol–water partition coefficient (Wildman–Crippen LogP) is 5.73. The third-order valence-electron chi connectivity index (χ3n) is 4.96. The summed E-state index contributed by atoms with van der Waals surface area (Å²) in [5.74, 6) is -3.61. The topological polar surface area (TPSA) is 69.7 Å². The summed E-state index contributed by atoms with van der Waals surface area (Å²) in [4.78, 5) is 35.8. The average Bonchev–Trinajstić information content (AvgIpc) is 2.70. The Morgan fingerprint density at radius 1 is 0.690 bits per heavy atom. The van der Waals surface area contributed by atoms with E-state index in [2.05, 4.69) is 6.92 Å². The number of hydrogen-bond acceptors (Lipinski definition) is 5. The highest BCUT2D eigenvalue weighted by Gasteiger charge is 2.34. The molecule has 6 heteroatoms. The maximum Gasteiger partial charge on any atom is 0.320 e. The number of hydrogen-bond donors (Lipinski definition) is 0. The summed E-state index contributed by atoms with van der Waals surface area (Å²) in [5, 5.41) is 0. The fraction of sp³-hybridized carbons (Fsp3) is 0.870. The molecule has 0 aromatic heterocycles. The zero-order valence-corrected chi connectivity index (χ0v) is 18.7. The van der Waals surface area contributed by atoms with Gasteiger partial charge in [0.15, 0.2) is 17.9 Å². The van der Waals surface area contributed by atoms with Crippen molar-refractivity contribution in [3.05, 3.63) is 0 Å². The molecule has 1 unspecified atom stereocenters. The molecule has 0 aliphatic heterocycles. The molecule has 0 spiro atoms. The number of ether oxygens (including phenoxy) is 2. The zero-order chi connectivity index (χ0) is 21.9. The molecule has 0 fully saturated rings. The molecule has 0 N–H and O–H groups in total. The lowest BCUT2D eigenvalue weighted by Gasteiger charge is -2.16. The minimum absolute atomic E-state index is 0.0817. The van der Waals surface area contributed by atoms with E-state index >= 15 is 0 Å². The van der Waals surface area contributed by atoms with Crippen LogP contribution >= 0.6 is 0 Å². The number of unbranched alkanes of at least 4 members (excludes halogenated alkanes) is 10. The molecular formula is C23H41FO5. The maximum atomic E-state index is 14.3. The van der Waals surface area contributed by atoms with Gasteiger partial charge >= 0.3 is 11.9 Å². The van der Waals surface area contributed by atoms with Crippen molar-refractivity contribution in [2.75, 3.05) is 13.2 Å². The van der Waals surface area contributed by atoms with Crippen LogP contribution in [-0.4, -0.2) is 37.1 Å². The van der Waals surface area contributed by atoms with Crippen molar-refractivity contribution in [2.24, 2.45) is 5.92 Å². The Morgan fingerprint density at radius 3 is 1.52 bits per heavy atom. The van der Waals surface area contributed by atoms with Gasteiger partial charge in [0.05, 0.1) is 13.2 Å². The number of esters is 2. The van der Waals surface area contributed by atoms with Crippen LogP contribution in [0.25, 0.3) is 0 Å². The van der Waals surface area contributed by atoms with E-state index in [0.717, 1.165) is 19.3 Å². The monoisotopic (exact) mass is 416 g/mol. The van der Waals surface area contributed by atoms with Gasteiger partial charge in [0.1, 0.15) is 0 Å². The molecule has 0 rings (SSSR count). The fourth-order valence-corrected chi connectivity index (χ4v) is 3.23. The summed E-state index contributed by atoms with van der Waals surface area (Å²) < 4.78 is 23.9. The molecular weight excluding hydrogens is 375 g/mol. The van der Waals surface area contributed by atoms with Gasteiger partial charge in [-0.1, -0.05) is 71.1 Å². The second-order valence-corrected chi connectivity index (χ2v) is 7.51. The molecule has 1 atom stereocenters. The molecule has 0 saturated carbocycles. The smallest absolute Gasteiger partial charge is 0.320 e. The molecule has 0 amide bonds. The van der Waals surface area contributed by atoms with Gasteiger partial charge in [-0.15, -0.1) is 0 Å². The molecule has 0 heterocycles. The highest BCUT2D eigenvalue weighted by Crippen LogP contribution is 2.18. The Balaban J connectivity index is 4.01. The van der Waals surface area contributed by atoms with Gasteiger partial charge in [-0.25, -0.2) is 4.39 Å². The first-order valence-corrected chi connectivity index (χ1v) is 11.5. The van der Waals surface area contributed by atoms with Crippen LogP contribution in [0.5, 0.6) is 0 Å². The quantitative estimate of drug-likeness (QED) is 0.153. The van der Waals surface area contributed by atoms with E-state index in [-0.39, 0.29) is 19.6 Å². The maximum absolute atomic E-state index is 14.3. The summed E-state index contributed by atoms with van der Waals surface area (Å²) in [6.07, 6.45) is 10.5. The van der Waals surface area contributed by atoms with Gasteiger partial charge in [0, 0.05) is 12.8 Å². The number of rotatable bonds is 19. The first-order valence-electron chi connectivity index (χ1n) is 11.5. The number of carbonyl (C=O) groups excluding carboxylic acids is 3. The molecule has 0 saturated heterocycles. The predicted molar refractivity (Wildman–Crippen MR) is 112 cm³/mol. The van der Waals surface area contributed by atoms with Gasteiger partial charge in [0.25, 0.3) is 0 Å².